The number of ketones is 1. The Balaban J connectivity index is 2.04. The van der Waals surface area contributed by atoms with Crippen molar-refractivity contribution < 1.29 is 22.7 Å². The van der Waals surface area contributed by atoms with E-state index in [1.165, 1.54) is 19.1 Å². The zero-order chi connectivity index (χ0) is 16.2. The van der Waals surface area contributed by atoms with Crippen molar-refractivity contribution in [2.75, 3.05) is 6.61 Å². The summed E-state index contributed by atoms with van der Waals surface area (Å²) in [6, 6.07) is 12.8. The standard InChI is InChI=1S/C17H15F3O2/c1-12-14(8-5-9-15(12)17(18,19)20)16(21)11-22-10-13-6-3-2-4-7-13/h2-9H,10-11H2,1H3. The molecule has 0 saturated heterocycles. The fourth-order valence-corrected chi connectivity index (χ4v) is 2.16. The number of Topliss-reactive ketones (excluding diaryl/α,β-unsaturated/α-hetero) is 1. The smallest absolute Gasteiger partial charge is 0.369 e. The van der Waals surface area contributed by atoms with Crippen LogP contribution in [0.25, 0.3) is 0 Å². The van der Waals surface area contributed by atoms with E-state index >= 15 is 0 Å². The van der Waals surface area contributed by atoms with E-state index in [1.807, 2.05) is 30.3 Å². The summed E-state index contributed by atoms with van der Waals surface area (Å²) in [6.07, 6.45) is -4.47. The van der Waals surface area contributed by atoms with Gasteiger partial charge in [-0.05, 0) is 24.1 Å². The van der Waals surface area contributed by atoms with Crippen molar-refractivity contribution >= 4 is 5.78 Å². The number of carbonyl (C=O) groups is 1. The summed E-state index contributed by atoms with van der Waals surface area (Å²) in [7, 11) is 0. The zero-order valence-corrected chi connectivity index (χ0v) is 12.0. The van der Waals surface area contributed by atoms with E-state index in [2.05, 4.69) is 0 Å². The Hall–Kier alpha value is -2.14. The predicted octanol–water partition coefficient (Wildman–Crippen LogP) is 4.41. The van der Waals surface area contributed by atoms with E-state index in [1.54, 1.807) is 0 Å². The minimum atomic E-state index is -4.47. The topological polar surface area (TPSA) is 26.3 Å². The number of hydrogen-bond donors (Lipinski definition) is 0. The molecule has 0 bridgehead atoms. The Morgan fingerprint density at radius 2 is 1.73 bits per heavy atom. The molecular weight excluding hydrogens is 293 g/mol. The Labute approximate surface area is 126 Å². The molecule has 0 saturated carbocycles. The van der Waals surface area contributed by atoms with Gasteiger partial charge < -0.3 is 4.74 Å². The number of hydrogen-bond acceptors (Lipinski definition) is 2. The second-order valence-corrected chi connectivity index (χ2v) is 4.88. The summed E-state index contributed by atoms with van der Waals surface area (Å²) < 4.78 is 43.8. The van der Waals surface area contributed by atoms with Crippen LogP contribution in [0.4, 0.5) is 13.2 Å². The molecule has 0 atom stereocenters. The van der Waals surface area contributed by atoms with Gasteiger partial charge in [-0.2, -0.15) is 13.2 Å². The van der Waals surface area contributed by atoms with Gasteiger partial charge in [-0.25, -0.2) is 0 Å². The molecule has 0 radical (unpaired) electrons. The maximum Gasteiger partial charge on any atom is 0.416 e. The average Bonchev–Trinajstić information content (AvgIpc) is 2.47. The lowest BCUT2D eigenvalue weighted by molar-refractivity contribution is -0.138. The zero-order valence-electron chi connectivity index (χ0n) is 12.0. The molecule has 2 aromatic rings. The number of rotatable bonds is 5. The minimum Gasteiger partial charge on any atom is -0.369 e. The van der Waals surface area contributed by atoms with E-state index in [4.69, 9.17) is 4.74 Å². The van der Waals surface area contributed by atoms with Crippen LogP contribution in [0.2, 0.25) is 0 Å². The number of ether oxygens (including phenoxy) is 1. The van der Waals surface area contributed by atoms with Crippen LogP contribution in [0, 0.1) is 6.92 Å². The van der Waals surface area contributed by atoms with Crippen molar-refractivity contribution in [2.45, 2.75) is 19.7 Å². The third kappa shape index (κ3) is 3.95. The molecule has 0 aromatic heterocycles. The van der Waals surface area contributed by atoms with Crippen molar-refractivity contribution in [1.29, 1.82) is 0 Å². The Kier molecular flexibility index (Phi) is 4.98. The van der Waals surface area contributed by atoms with Crippen molar-refractivity contribution in [3.05, 3.63) is 70.8 Å². The third-order valence-electron chi connectivity index (χ3n) is 3.28. The fourth-order valence-electron chi connectivity index (χ4n) is 2.16. The Morgan fingerprint density at radius 3 is 2.36 bits per heavy atom. The van der Waals surface area contributed by atoms with Gasteiger partial charge in [-0.3, -0.25) is 4.79 Å². The molecule has 0 fully saturated rings. The van der Waals surface area contributed by atoms with Crippen LogP contribution in [-0.4, -0.2) is 12.4 Å². The molecule has 0 spiro atoms. The van der Waals surface area contributed by atoms with E-state index in [9.17, 15) is 18.0 Å². The minimum absolute atomic E-state index is 0.0443. The van der Waals surface area contributed by atoms with Crippen molar-refractivity contribution in [3.8, 4) is 0 Å². The summed E-state index contributed by atoms with van der Waals surface area (Å²) in [6.45, 7) is 1.29. The first-order chi connectivity index (χ1) is 10.4. The Bertz CT molecular complexity index is 649. The maximum atomic E-state index is 12.8. The maximum absolute atomic E-state index is 12.8. The first-order valence-electron chi connectivity index (χ1n) is 6.71. The third-order valence-corrected chi connectivity index (χ3v) is 3.28. The molecule has 5 heteroatoms. The fraction of sp³-hybridized carbons (Fsp3) is 0.235. The van der Waals surface area contributed by atoms with Crippen LogP contribution in [0.5, 0.6) is 0 Å². The molecule has 0 aliphatic rings. The number of halogens is 3. The highest BCUT2D eigenvalue weighted by molar-refractivity contribution is 5.98. The van der Waals surface area contributed by atoms with Crippen LogP contribution in [-0.2, 0) is 17.5 Å². The first-order valence-corrected chi connectivity index (χ1v) is 6.71. The van der Waals surface area contributed by atoms with Crippen LogP contribution >= 0.6 is 0 Å². The van der Waals surface area contributed by atoms with Gasteiger partial charge in [-0.1, -0.05) is 42.5 Å². The van der Waals surface area contributed by atoms with Gasteiger partial charge in [0.1, 0.15) is 6.61 Å². The number of carbonyl (C=O) groups excluding carboxylic acids is 1. The van der Waals surface area contributed by atoms with Crippen molar-refractivity contribution in [1.82, 2.24) is 0 Å². The first kappa shape index (κ1) is 16.2. The van der Waals surface area contributed by atoms with Crippen LogP contribution in [0.1, 0.15) is 27.0 Å². The highest BCUT2D eigenvalue weighted by Gasteiger charge is 2.33. The molecule has 2 aromatic carbocycles. The summed E-state index contributed by atoms with van der Waals surface area (Å²) in [5.74, 6) is -0.459. The monoisotopic (exact) mass is 308 g/mol. The molecule has 0 heterocycles. The summed E-state index contributed by atoms with van der Waals surface area (Å²) in [5.41, 5.74) is 0.0867. The molecule has 116 valence electrons. The molecule has 0 N–H and O–H groups in total. The highest BCUT2D eigenvalue weighted by Crippen LogP contribution is 2.33. The van der Waals surface area contributed by atoms with Gasteiger partial charge in [0.25, 0.3) is 0 Å². The van der Waals surface area contributed by atoms with E-state index < -0.39 is 17.5 Å². The highest BCUT2D eigenvalue weighted by atomic mass is 19.4. The lowest BCUT2D eigenvalue weighted by atomic mass is 9.99. The molecular formula is C17H15F3O2. The summed E-state index contributed by atoms with van der Waals surface area (Å²) in [4.78, 5) is 12.0. The van der Waals surface area contributed by atoms with Crippen LogP contribution in [0.15, 0.2) is 48.5 Å². The summed E-state index contributed by atoms with van der Waals surface area (Å²) in [5, 5.41) is 0. The normalized spacial score (nSPS) is 11.5. The van der Waals surface area contributed by atoms with E-state index in [-0.39, 0.29) is 24.3 Å². The van der Waals surface area contributed by atoms with Crippen LogP contribution in [0.3, 0.4) is 0 Å². The lowest BCUT2D eigenvalue weighted by Gasteiger charge is -2.13. The van der Waals surface area contributed by atoms with Gasteiger partial charge in [-0.15, -0.1) is 0 Å². The SMILES string of the molecule is Cc1c(C(=O)COCc2ccccc2)cccc1C(F)(F)F. The molecule has 2 nitrogen and oxygen atoms in total. The van der Waals surface area contributed by atoms with Crippen molar-refractivity contribution in [2.24, 2.45) is 0 Å². The predicted molar refractivity (Wildman–Crippen MR) is 76.6 cm³/mol. The van der Waals surface area contributed by atoms with Gasteiger partial charge in [0, 0.05) is 5.56 Å². The quantitative estimate of drug-likeness (QED) is 0.765. The largest absolute Gasteiger partial charge is 0.416 e. The average molecular weight is 308 g/mol. The summed E-state index contributed by atoms with van der Waals surface area (Å²) >= 11 is 0. The van der Waals surface area contributed by atoms with Gasteiger partial charge in [0.05, 0.1) is 12.2 Å². The molecule has 0 aliphatic heterocycles. The number of benzene rings is 2. The van der Waals surface area contributed by atoms with Crippen molar-refractivity contribution in [3.63, 3.8) is 0 Å². The second-order valence-electron chi connectivity index (χ2n) is 4.88. The molecule has 22 heavy (non-hydrogen) atoms. The number of alkyl halides is 3. The van der Waals surface area contributed by atoms with E-state index in [0.29, 0.717) is 0 Å². The van der Waals surface area contributed by atoms with Gasteiger partial charge in [0.15, 0.2) is 5.78 Å². The Morgan fingerprint density at radius 1 is 1.05 bits per heavy atom. The van der Waals surface area contributed by atoms with Gasteiger partial charge in [0.2, 0.25) is 0 Å². The molecule has 0 unspecified atom stereocenters. The van der Waals surface area contributed by atoms with Gasteiger partial charge >= 0.3 is 6.18 Å². The van der Waals surface area contributed by atoms with E-state index in [0.717, 1.165) is 11.6 Å². The molecule has 2 rings (SSSR count). The molecule has 0 aliphatic carbocycles. The second kappa shape index (κ2) is 6.75. The lowest BCUT2D eigenvalue weighted by Crippen LogP contribution is -2.15. The van der Waals surface area contributed by atoms with Crippen LogP contribution < -0.4 is 0 Å². The molecule has 0 amide bonds.